The zero-order valence-electron chi connectivity index (χ0n) is 9.89. The lowest BCUT2D eigenvalue weighted by Crippen LogP contribution is -2.19. The van der Waals surface area contributed by atoms with Gasteiger partial charge in [-0.2, -0.15) is 0 Å². The molecule has 0 aliphatic rings. The summed E-state index contributed by atoms with van der Waals surface area (Å²) in [7, 11) is 0. The smallest absolute Gasteiger partial charge is 0.165 e. The standard InChI is InChI=1S/C12H12Br2F4/c1-6-8(15)10(17)7(11(18)9(6)16)3-4-12(2,14)5-13/h3-5H2,1-2H3. The van der Waals surface area contributed by atoms with E-state index in [4.69, 9.17) is 0 Å². The summed E-state index contributed by atoms with van der Waals surface area (Å²) in [5.74, 6) is -5.24. The van der Waals surface area contributed by atoms with Gasteiger partial charge in [-0.05, 0) is 26.7 Å². The van der Waals surface area contributed by atoms with Crippen molar-refractivity contribution in [1.29, 1.82) is 0 Å². The van der Waals surface area contributed by atoms with Crippen LogP contribution < -0.4 is 0 Å². The van der Waals surface area contributed by atoms with Crippen LogP contribution in [0, 0.1) is 30.2 Å². The van der Waals surface area contributed by atoms with Gasteiger partial charge in [0.15, 0.2) is 23.3 Å². The van der Waals surface area contributed by atoms with Crippen molar-refractivity contribution in [3.63, 3.8) is 0 Å². The molecule has 1 aromatic rings. The normalized spacial score (nSPS) is 14.7. The summed E-state index contributed by atoms with van der Waals surface area (Å²) in [6, 6.07) is 0. The van der Waals surface area contributed by atoms with Crippen molar-refractivity contribution in [2.24, 2.45) is 0 Å². The average Bonchev–Trinajstić information content (AvgIpc) is 2.34. The zero-order chi connectivity index (χ0) is 14.1. The van der Waals surface area contributed by atoms with Gasteiger partial charge in [0, 0.05) is 20.8 Å². The van der Waals surface area contributed by atoms with Crippen molar-refractivity contribution in [2.45, 2.75) is 31.0 Å². The van der Waals surface area contributed by atoms with Crippen molar-refractivity contribution >= 4 is 31.9 Å². The Morgan fingerprint density at radius 2 is 1.44 bits per heavy atom. The van der Waals surface area contributed by atoms with E-state index >= 15 is 0 Å². The van der Waals surface area contributed by atoms with Crippen LogP contribution in [0.15, 0.2) is 0 Å². The summed E-state index contributed by atoms with van der Waals surface area (Å²) in [4.78, 5) is 0. The molecule has 0 radical (unpaired) electrons. The molecule has 0 aliphatic heterocycles. The van der Waals surface area contributed by atoms with Crippen molar-refractivity contribution in [2.75, 3.05) is 5.33 Å². The Labute approximate surface area is 120 Å². The molecule has 6 heteroatoms. The van der Waals surface area contributed by atoms with Crippen LogP contribution in [-0.4, -0.2) is 9.65 Å². The summed E-state index contributed by atoms with van der Waals surface area (Å²) in [6.45, 7) is 2.83. The van der Waals surface area contributed by atoms with Crippen molar-refractivity contribution < 1.29 is 17.6 Å². The van der Waals surface area contributed by atoms with Crippen molar-refractivity contribution in [1.82, 2.24) is 0 Å². The van der Waals surface area contributed by atoms with Crippen molar-refractivity contribution in [3.05, 3.63) is 34.4 Å². The van der Waals surface area contributed by atoms with E-state index in [9.17, 15) is 17.6 Å². The van der Waals surface area contributed by atoms with Crippen LogP contribution in [0.5, 0.6) is 0 Å². The molecule has 0 fully saturated rings. The van der Waals surface area contributed by atoms with Crippen molar-refractivity contribution in [3.8, 4) is 0 Å². The second kappa shape index (κ2) is 5.90. The lowest BCUT2D eigenvalue weighted by molar-refractivity contribution is 0.427. The van der Waals surface area contributed by atoms with Gasteiger partial charge < -0.3 is 0 Å². The largest absolute Gasteiger partial charge is 0.203 e. The summed E-state index contributed by atoms with van der Waals surface area (Å²) >= 11 is 6.60. The minimum atomic E-state index is -1.32. The third-order valence-electron chi connectivity index (χ3n) is 2.75. The second-order valence-electron chi connectivity index (χ2n) is 4.41. The molecule has 0 N–H and O–H groups in total. The van der Waals surface area contributed by atoms with Gasteiger partial charge in [-0.25, -0.2) is 17.6 Å². The van der Waals surface area contributed by atoms with Gasteiger partial charge in [0.05, 0.1) is 0 Å². The summed E-state index contributed by atoms with van der Waals surface area (Å²) in [5, 5.41) is 0.556. The Bertz CT molecular complexity index is 429. The first-order chi connectivity index (χ1) is 8.21. The van der Waals surface area contributed by atoms with Crippen LogP contribution in [0.2, 0.25) is 0 Å². The third kappa shape index (κ3) is 3.26. The quantitative estimate of drug-likeness (QED) is 0.383. The Kier molecular flexibility index (Phi) is 5.23. The van der Waals surface area contributed by atoms with Crippen LogP contribution in [0.4, 0.5) is 17.6 Å². The maximum atomic E-state index is 13.6. The van der Waals surface area contributed by atoms with Gasteiger partial charge in [0.1, 0.15) is 0 Å². The first kappa shape index (κ1) is 16.0. The SMILES string of the molecule is Cc1c(F)c(F)c(CCC(C)(Br)CBr)c(F)c1F. The highest BCUT2D eigenvalue weighted by Gasteiger charge is 2.25. The number of rotatable bonds is 4. The van der Waals surface area contributed by atoms with Crippen LogP contribution in [0.1, 0.15) is 24.5 Å². The maximum absolute atomic E-state index is 13.6. The maximum Gasteiger partial charge on any atom is 0.165 e. The number of benzene rings is 1. The average molecular weight is 392 g/mol. The fourth-order valence-corrected chi connectivity index (χ4v) is 1.94. The fraction of sp³-hybridized carbons (Fsp3) is 0.500. The van der Waals surface area contributed by atoms with E-state index in [2.05, 4.69) is 31.9 Å². The number of halogens is 6. The van der Waals surface area contributed by atoms with Gasteiger partial charge in [-0.1, -0.05) is 31.9 Å². The summed E-state index contributed by atoms with van der Waals surface area (Å²) in [5.41, 5.74) is -1.17. The monoisotopic (exact) mass is 390 g/mol. The first-order valence-corrected chi connectivity index (χ1v) is 7.19. The summed E-state index contributed by atoms with van der Waals surface area (Å²) in [6.07, 6.45) is 0.257. The molecule has 0 amide bonds. The Balaban J connectivity index is 3.11. The number of alkyl halides is 2. The van der Waals surface area contributed by atoms with Crippen LogP contribution in [-0.2, 0) is 6.42 Å². The Morgan fingerprint density at radius 3 is 1.83 bits per heavy atom. The summed E-state index contributed by atoms with van der Waals surface area (Å²) < 4.78 is 53.4. The first-order valence-electron chi connectivity index (χ1n) is 5.27. The van der Waals surface area contributed by atoms with Gasteiger partial charge in [0.25, 0.3) is 0 Å². The molecule has 1 unspecified atom stereocenters. The molecule has 102 valence electrons. The van der Waals surface area contributed by atoms with E-state index in [1.165, 1.54) is 0 Å². The van der Waals surface area contributed by atoms with Crippen LogP contribution >= 0.6 is 31.9 Å². The molecule has 1 rings (SSSR count). The molecule has 0 aromatic heterocycles. The van der Waals surface area contributed by atoms with Gasteiger partial charge >= 0.3 is 0 Å². The van der Waals surface area contributed by atoms with Crippen LogP contribution in [0.25, 0.3) is 0 Å². The van der Waals surface area contributed by atoms with E-state index in [0.29, 0.717) is 11.8 Å². The predicted molar refractivity (Wildman–Crippen MR) is 70.5 cm³/mol. The van der Waals surface area contributed by atoms with Crippen LogP contribution in [0.3, 0.4) is 0 Å². The van der Waals surface area contributed by atoms with E-state index < -0.39 is 34.4 Å². The predicted octanol–water partition coefficient (Wildman–Crippen LogP) is 5.03. The molecule has 0 spiro atoms. The molecular formula is C12H12Br2F4. The molecule has 18 heavy (non-hydrogen) atoms. The lowest BCUT2D eigenvalue weighted by Gasteiger charge is -2.19. The zero-order valence-corrected chi connectivity index (χ0v) is 13.1. The van der Waals surface area contributed by atoms with E-state index in [1.807, 2.05) is 6.92 Å². The Morgan fingerprint density at radius 1 is 1.00 bits per heavy atom. The highest BCUT2D eigenvalue weighted by molar-refractivity contribution is 9.12. The highest BCUT2D eigenvalue weighted by atomic mass is 79.9. The molecule has 0 saturated heterocycles. The van der Waals surface area contributed by atoms with Gasteiger partial charge in [-0.15, -0.1) is 0 Å². The molecule has 0 nitrogen and oxygen atoms in total. The lowest BCUT2D eigenvalue weighted by atomic mass is 9.99. The number of hydrogen-bond donors (Lipinski definition) is 0. The van der Waals surface area contributed by atoms with Gasteiger partial charge in [-0.3, -0.25) is 0 Å². The molecular weight excluding hydrogens is 380 g/mol. The fourth-order valence-electron chi connectivity index (χ4n) is 1.46. The highest BCUT2D eigenvalue weighted by Crippen LogP contribution is 2.30. The molecule has 1 aromatic carbocycles. The minimum Gasteiger partial charge on any atom is -0.203 e. The molecule has 0 bridgehead atoms. The topological polar surface area (TPSA) is 0 Å². The second-order valence-corrected chi connectivity index (χ2v) is 6.88. The Hall–Kier alpha value is -0.100. The number of hydrogen-bond acceptors (Lipinski definition) is 0. The van der Waals surface area contributed by atoms with Gasteiger partial charge in [0.2, 0.25) is 0 Å². The molecule has 1 atom stereocenters. The van der Waals surface area contributed by atoms with E-state index in [0.717, 1.165) is 6.92 Å². The third-order valence-corrected chi connectivity index (χ3v) is 5.42. The molecule has 0 heterocycles. The van der Waals surface area contributed by atoms with E-state index in [1.54, 1.807) is 0 Å². The molecule has 0 saturated carbocycles. The minimum absolute atomic E-state index is 0.0842. The molecule has 0 aliphatic carbocycles. The van der Waals surface area contributed by atoms with E-state index in [-0.39, 0.29) is 10.7 Å².